The minimum Gasteiger partial charge on any atom is -0.124 e. The van der Waals surface area contributed by atoms with Crippen LogP contribution in [-0.4, -0.2) is 0 Å². The highest BCUT2D eigenvalue weighted by Crippen LogP contribution is 2.32. The Morgan fingerprint density at radius 3 is 2.80 bits per heavy atom. The van der Waals surface area contributed by atoms with Gasteiger partial charge in [0.2, 0.25) is 0 Å². The average Bonchev–Trinajstić information content (AvgIpc) is 1.92. The molecule has 1 aromatic rings. The zero-order valence-corrected chi connectivity index (χ0v) is 5.72. The molecular formula is C10H8. The molecule has 1 aliphatic carbocycles. The van der Waals surface area contributed by atoms with Crippen molar-refractivity contribution >= 4 is 5.57 Å². The zero-order valence-electron chi connectivity index (χ0n) is 5.72. The van der Waals surface area contributed by atoms with Crippen molar-refractivity contribution in [3.63, 3.8) is 0 Å². The lowest BCUT2D eigenvalue weighted by molar-refractivity contribution is 1.17. The molecule has 0 fully saturated rings. The van der Waals surface area contributed by atoms with Gasteiger partial charge in [-0.25, -0.2) is 0 Å². The van der Waals surface area contributed by atoms with Gasteiger partial charge in [-0.2, -0.15) is 0 Å². The third-order valence-corrected chi connectivity index (χ3v) is 1.92. The van der Waals surface area contributed by atoms with Gasteiger partial charge in [0.1, 0.15) is 0 Å². The number of fused-ring (bicyclic) bond motifs is 1. The fourth-order valence-electron chi connectivity index (χ4n) is 1.31. The van der Waals surface area contributed by atoms with Crippen LogP contribution < -0.4 is 0 Å². The van der Waals surface area contributed by atoms with Gasteiger partial charge in [-0.3, -0.25) is 0 Å². The second kappa shape index (κ2) is 1.86. The van der Waals surface area contributed by atoms with E-state index in [2.05, 4.69) is 36.6 Å². The van der Waals surface area contributed by atoms with Crippen molar-refractivity contribution in [3.8, 4) is 0 Å². The van der Waals surface area contributed by atoms with E-state index in [1.54, 1.807) is 0 Å². The molecule has 0 unspecified atom stereocenters. The fraction of sp³-hybridized carbons (Fsp3) is 0.100. The van der Waals surface area contributed by atoms with Crippen molar-refractivity contribution in [2.75, 3.05) is 0 Å². The van der Waals surface area contributed by atoms with Crippen LogP contribution in [0.3, 0.4) is 0 Å². The molecule has 0 amide bonds. The molecule has 0 atom stereocenters. The van der Waals surface area contributed by atoms with Gasteiger partial charge >= 0.3 is 0 Å². The van der Waals surface area contributed by atoms with E-state index in [1.807, 2.05) is 0 Å². The van der Waals surface area contributed by atoms with E-state index in [0.29, 0.717) is 0 Å². The van der Waals surface area contributed by atoms with Crippen LogP contribution in [-0.2, 0) is 6.42 Å². The van der Waals surface area contributed by atoms with Crippen molar-refractivity contribution in [1.29, 1.82) is 0 Å². The summed E-state index contributed by atoms with van der Waals surface area (Å²) in [5.74, 6) is 0. The Balaban J connectivity index is 2.62. The maximum Gasteiger partial charge on any atom is 0.00601 e. The number of benzene rings is 1. The third-order valence-electron chi connectivity index (χ3n) is 1.92. The smallest absolute Gasteiger partial charge is 0.00601 e. The maximum atomic E-state index is 3.62. The normalized spacial score (nSPS) is 13.4. The minimum absolute atomic E-state index is 1.06. The Bertz CT molecular complexity index is 315. The molecule has 2 rings (SSSR count). The predicted molar refractivity (Wildman–Crippen MR) is 42.7 cm³/mol. The molecule has 0 saturated carbocycles. The molecule has 0 N–H and O–H groups in total. The molecule has 0 nitrogen and oxygen atoms in total. The van der Waals surface area contributed by atoms with Crippen LogP contribution in [0.5, 0.6) is 0 Å². The molecule has 0 spiro atoms. The van der Waals surface area contributed by atoms with E-state index in [1.165, 1.54) is 16.7 Å². The van der Waals surface area contributed by atoms with Gasteiger partial charge in [-0.05, 0) is 11.1 Å². The van der Waals surface area contributed by atoms with Gasteiger partial charge in [0.05, 0.1) is 0 Å². The molecule has 48 valence electrons. The summed E-state index contributed by atoms with van der Waals surface area (Å²) in [6.45, 7) is 3.62. The first-order valence-electron chi connectivity index (χ1n) is 3.39. The fourth-order valence-corrected chi connectivity index (χ4v) is 1.31. The summed E-state index contributed by atoms with van der Waals surface area (Å²) in [5, 5.41) is 0. The lowest BCUT2D eigenvalue weighted by atomic mass is 9.84. The van der Waals surface area contributed by atoms with Crippen LogP contribution in [0.4, 0.5) is 0 Å². The largest absolute Gasteiger partial charge is 0.124 e. The van der Waals surface area contributed by atoms with E-state index in [9.17, 15) is 0 Å². The summed E-state index contributed by atoms with van der Waals surface area (Å²) in [5.41, 5.74) is 6.94. The van der Waals surface area contributed by atoms with Gasteiger partial charge in [0, 0.05) is 12.0 Å². The topological polar surface area (TPSA) is 0 Å². The molecule has 0 aromatic heterocycles. The van der Waals surface area contributed by atoms with Crippen LogP contribution in [0, 0.1) is 0 Å². The second-order valence-electron chi connectivity index (χ2n) is 2.49. The van der Waals surface area contributed by atoms with Crippen LogP contribution in [0.1, 0.15) is 11.1 Å². The van der Waals surface area contributed by atoms with E-state index in [-0.39, 0.29) is 0 Å². The maximum absolute atomic E-state index is 3.62. The lowest BCUT2D eigenvalue weighted by Crippen LogP contribution is -2.04. The molecule has 0 radical (unpaired) electrons. The number of allylic oxidation sites excluding steroid dienone is 1. The van der Waals surface area contributed by atoms with Gasteiger partial charge in [-0.1, -0.05) is 30.8 Å². The van der Waals surface area contributed by atoms with Gasteiger partial charge in [0.15, 0.2) is 0 Å². The average molecular weight is 128 g/mol. The van der Waals surface area contributed by atoms with Gasteiger partial charge in [0.25, 0.3) is 0 Å². The Morgan fingerprint density at radius 1 is 1.30 bits per heavy atom. The SMILES string of the molecule is C=C=C1Cc2ccccc21. The highest BCUT2D eigenvalue weighted by atomic mass is 14.2. The summed E-state index contributed by atoms with van der Waals surface area (Å²) in [4.78, 5) is 0. The monoisotopic (exact) mass is 128 g/mol. The molecule has 0 saturated heterocycles. The summed E-state index contributed by atoms with van der Waals surface area (Å²) in [6, 6.07) is 8.39. The molecule has 1 aliphatic rings. The van der Waals surface area contributed by atoms with Crippen molar-refractivity contribution in [3.05, 3.63) is 47.7 Å². The van der Waals surface area contributed by atoms with Crippen LogP contribution in [0.25, 0.3) is 5.57 Å². The molecule has 0 bridgehead atoms. The van der Waals surface area contributed by atoms with Gasteiger partial charge in [-0.15, -0.1) is 5.73 Å². The van der Waals surface area contributed by atoms with Gasteiger partial charge < -0.3 is 0 Å². The summed E-state index contributed by atoms with van der Waals surface area (Å²) >= 11 is 0. The van der Waals surface area contributed by atoms with Crippen molar-refractivity contribution in [1.82, 2.24) is 0 Å². The highest BCUT2D eigenvalue weighted by molar-refractivity contribution is 5.78. The molecule has 0 heterocycles. The quantitative estimate of drug-likeness (QED) is 0.471. The summed E-state index contributed by atoms with van der Waals surface area (Å²) in [7, 11) is 0. The first-order valence-corrected chi connectivity index (χ1v) is 3.39. The zero-order chi connectivity index (χ0) is 6.97. The Labute approximate surface area is 60.5 Å². The van der Waals surface area contributed by atoms with Crippen molar-refractivity contribution < 1.29 is 0 Å². The second-order valence-corrected chi connectivity index (χ2v) is 2.49. The first kappa shape index (κ1) is 5.52. The molecule has 0 aliphatic heterocycles. The minimum atomic E-state index is 1.06. The van der Waals surface area contributed by atoms with E-state index in [0.717, 1.165) is 6.42 Å². The number of hydrogen-bond donors (Lipinski definition) is 0. The molecule has 10 heavy (non-hydrogen) atoms. The molecule has 1 aromatic carbocycles. The van der Waals surface area contributed by atoms with Crippen LogP contribution in [0.15, 0.2) is 36.6 Å². The molecule has 0 heteroatoms. The Kier molecular flexibility index (Phi) is 1.03. The predicted octanol–water partition coefficient (Wildman–Crippen LogP) is 2.41. The first-order chi connectivity index (χ1) is 4.92. The van der Waals surface area contributed by atoms with Crippen molar-refractivity contribution in [2.24, 2.45) is 0 Å². The number of rotatable bonds is 0. The Hall–Kier alpha value is -1.26. The summed E-state index contributed by atoms with van der Waals surface area (Å²) < 4.78 is 0. The Morgan fingerprint density at radius 2 is 2.10 bits per heavy atom. The van der Waals surface area contributed by atoms with E-state index in [4.69, 9.17) is 0 Å². The summed E-state index contributed by atoms with van der Waals surface area (Å²) in [6.07, 6.45) is 1.06. The highest BCUT2D eigenvalue weighted by Gasteiger charge is 2.16. The van der Waals surface area contributed by atoms with Crippen molar-refractivity contribution in [2.45, 2.75) is 6.42 Å². The molecular weight excluding hydrogens is 120 g/mol. The number of hydrogen-bond acceptors (Lipinski definition) is 0. The lowest BCUT2D eigenvalue weighted by Gasteiger charge is -2.19. The van der Waals surface area contributed by atoms with Crippen LogP contribution in [0.2, 0.25) is 0 Å². The van der Waals surface area contributed by atoms with E-state index >= 15 is 0 Å². The van der Waals surface area contributed by atoms with E-state index < -0.39 is 0 Å². The third kappa shape index (κ3) is 0.570. The van der Waals surface area contributed by atoms with Crippen LogP contribution >= 0.6 is 0 Å². The standard InChI is InChI=1S/C10H8/c1-2-8-7-9-5-3-4-6-10(8)9/h3-6H,1,7H2.